The number of rotatable bonds is 5. The smallest absolute Gasteiger partial charge is 0.265 e. The number of nitrogens with one attached hydrogen (secondary N) is 1. The Labute approximate surface area is 176 Å². The van der Waals surface area contributed by atoms with Crippen LogP contribution >= 0.6 is 15.9 Å². The minimum Gasteiger partial charge on any atom is -0.277 e. The largest absolute Gasteiger partial charge is 0.277 e. The molecule has 29 heavy (non-hydrogen) atoms. The standard InChI is InChI=1S/C21H15BrFN3O2S/c22-16-11-12-19(18(23)13-16)25-29(27,28)20-14-26(17-9-5-2-6-10-17)24-21(20)15-7-3-1-4-8-15/h1-14,25H. The van der Waals surface area contributed by atoms with E-state index < -0.39 is 15.8 Å². The van der Waals surface area contributed by atoms with Crippen molar-refractivity contribution >= 4 is 31.6 Å². The van der Waals surface area contributed by atoms with Crippen LogP contribution in [-0.2, 0) is 10.0 Å². The molecule has 146 valence electrons. The van der Waals surface area contributed by atoms with E-state index in [1.165, 1.54) is 23.0 Å². The molecule has 4 rings (SSSR count). The molecule has 0 aliphatic heterocycles. The summed E-state index contributed by atoms with van der Waals surface area (Å²) in [5.41, 5.74) is 1.49. The van der Waals surface area contributed by atoms with Crippen LogP contribution in [0, 0.1) is 5.82 Å². The second kappa shape index (κ2) is 7.81. The van der Waals surface area contributed by atoms with Gasteiger partial charge in [-0.05, 0) is 30.3 Å². The second-order valence-electron chi connectivity index (χ2n) is 6.22. The highest BCUT2D eigenvalue weighted by Gasteiger charge is 2.25. The average Bonchev–Trinajstić information content (AvgIpc) is 3.18. The highest BCUT2D eigenvalue weighted by atomic mass is 79.9. The molecule has 0 aliphatic rings. The number of aromatic nitrogens is 2. The quantitative estimate of drug-likeness (QED) is 0.432. The van der Waals surface area contributed by atoms with Crippen molar-refractivity contribution in [1.29, 1.82) is 0 Å². The number of benzene rings is 3. The number of halogens is 2. The minimum absolute atomic E-state index is 0.0464. The molecular formula is C21H15BrFN3O2S. The van der Waals surface area contributed by atoms with E-state index in [0.717, 1.165) is 0 Å². The Morgan fingerprint density at radius 2 is 1.59 bits per heavy atom. The summed E-state index contributed by atoms with van der Waals surface area (Å²) in [6.07, 6.45) is 1.43. The van der Waals surface area contributed by atoms with Crippen LogP contribution in [0.2, 0.25) is 0 Å². The van der Waals surface area contributed by atoms with Crippen molar-refractivity contribution in [2.75, 3.05) is 4.72 Å². The molecule has 0 aliphatic carbocycles. The Kier molecular flexibility index (Phi) is 5.21. The predicted octanol–water partition coefficient (Wildman–Crippen LogP) is 5.24. The van der Waals surface area contributed by atoms with Crippen molar-refractivity contribution in [3.63, 3.8) is 0 Å². The Hall–Kier alpha value is -2.97. The highest BCUT2D eigenvalue weighted by molar-refractivity contribution is 9.10. The zero-order chi connectivity index (χ0) is 20.4. The number of hydrogen-bond donors (Lipinski definition) is 1. The van der Waals surface area contributed by atoms with E-state index in [1.807, 2.05) is 36.4 Å². The van der Waals surface area contributed by atoms with Crippen molar-refractivity contribution in [1.82, 2.24) is 9.78 Å². The van der Waals surface area contributed by atoms with E-state index in [9.17, 15) is 12.8 Å². The topological polar surface area (TPSA) is 64.0 Å². The Morgan fingerprint density at radius 1 is 0.931 bits per heavy atom. The number of para-hydroxylation sites is 1. The molecule has 8 heteroatoms. The van der Waals surface area contributed by atoms with Gasteiger partial charge in [-0.15, -0.1) is 0 Å². The SMILES string of the molecule is O=S(=O)(Nc1ccc(Br)cc1F)c1cn(-c2ccccc2)nc1-c1ccccc1. The van der Waals surface area contributed by atoms with Gasteiger partial charge in [0.2, 0.25) is 0 Å². The number of sulfonamides is 1. The fourth-order valence-corrected chi connectivity index (χ4v) is 4.39. The van der Waals surface area contributed by atoms with E-state index in [-0.39, 0.29) is 16.3 Å². The first-order valence-corrected chi connectivity index (χ1v) is 10.9. The van der Waals surface area contributed by atoms with Gasteiger partial charge in [0, 0.05) is 10.0 Å². The van der Waals surface area contributed by atoms with Gasteiger partial charge in [-0.3, -0.25) is 4.72 Å². The summed E-state index contributed by atoms with van der Waals surface area (Å²) < 4.78 is 44.8. The summed E-state index contributed by atoms with van der Waals surface area (Å²) in [5, 5.41) is 4.49. The molecule has 4 aromatic rings. The molecule has 0 fully saturated rings. The van der Waals surface area contributed by atoms with Gasteiger partial charge in [0.05, 0.1) is 17.6 Å². The van der Waals surface area contributed by atoms with Gasteiger partial charge in [-0.25, -0.2) is 17.5 Å². The summed E-state index contributed by atoms with van der Waals surface area (Å²) in [6, 6.07) is 22.3. The van der Waals surface area contributed by atoms with E-state index >= 15 is 0 Å². The molecular weight excluding hydrogens is 457 g/mol. The third-order valence-corrected chi connectivity index (χ3v) is 6.07. The Bertz CT molecular complexity index is 1260. The molecule has 0 amide bonds. The molecule has 0 saturated heterocycles. The van der Waals surface area contributed by atoms with Crippen molar-refractivity contribution in [2.24, 2.45) is 0 Å². The van der Waals surface area contributed by atoms with Gasteiger partial charge in [0.1, 0.15) is 16.4 Å². The van der Waals surface area contributed by atoms with Gasteiger partial charge in [-0.1, -0.05) is 64.5 Å². The highest BCUT2D eigenvalue weighted by Crippen LogP contribution is 2.30. The Morgan fingerprint density at radius 3 is 2.24 bits per heavy atom. The van der Waals surface area contributed by atoms with Crippen molar-refractivity contribution in [2.45, 2.75) is 4.90 Å². The first kappa shape index (κ1) is 19.4. The van der Waals surface area contributed by atoms with Gasteiger partial charge >= 0.3 is 0 Å². The monoisotopic (exact) mass is 471 g/mol. The third-order valence-electron chi connectivity index (χ3n) is 4.21. The predicted molar refractivity (Wildman–Crippen MR) is 114 cm³/mol. The van der Waals surface area contributed by atoms with Crippen LogP contribution in [0.4, 0.5) is 10.1 Å². The molecule has 0 unspecified atom stereocenters. The maximum Gasteiger partial charge on any atom is 0.265 e. The van der Waals surface area contributed by atoms with E-state index in [2.05, 4.69) is 25.8 Å². The molecule has 0 bridgehead atoms. The summed E-state index contributed by atoms with van der Waals surface area (Å²) in [6.45, 7) is 0. The van der Waals surface area contributed by atoms with E-state index in [0.29, 0.717) is 15.7 Å². The van der Waals surface area contributed by atoms with Crippen molar-refractivity contribution in [3.05, 3.63) is 95.3 Å². The number of anilines is 1. The van der Waals surface area contributed by atoms with Crippen LogP contribution in [-0.4, -0.2) is 18.2 Å². The van der Waals surface area contributed by atoms with Gasteiger partial charge in [0.15, 0.2) is 0 Å². The lowest BCUT2D eigenvalue weighted by atomic mass is 10.2. The molecule has 1 aromatic heterocycles. The summed E-state index contributed by atoms with van der Waals surface area (Å²) in [4.78, 5) is -0.0464. The van der Waals surface area contributed by atoms with Crippen molar-refractivity contribution < 1.29 is 12.8 Å². The van der Waals surface area contributed by atoms with Gasteiger partial charge in [-0.2, -0.15) is 5.10 Å². The summed E-state index contributed by atoms with van der Waals surface area (Å²) in [5.74, 6) is -0.681. The lowest BCUT2D eigenvalue weighted by Crippen LogP contribution is -2.14. The zero-order valence-electron chi connectivity index (χ0n) is 15.0. The summed E-state index contributed by atoms with van der Waals surface area (Å²) >= 11 is 3.16. The van der Waals surface area contributed by atoms with Crippen LogP contribution in [0.1, 0.15) is 0 Å². The lowest BCUT2D eigenvalue weighted by molar-refractivity contribution is 0.598. The summed E-state index contributed by atoms with van der Waals surface area (Å²) in [7, 11) is -4.10. The fourth-order valence-electron chi connectivity index (χ4n) is 2.84. The third kappa shape index (κ3) is 4.08. The number of nitrogens with zero attached hydrogens (tertiary/aromatic N) is 2. The first-order chi connectivity index (χ1) is 13.9. The van der Waals surface area contributed by atoms with Crippen LogP contribution in [0.15, 0.2) is 94.4 Å². The van der Waals surface area contributed by atoms with Crippen LogP contribution < -0.4 is 4.72 Å². The average molecular weight is 472 g/mol. The van der Waals surface area contributed by atoms with E-state index in [4.69, 9.17) is 0 Å². The molecule has 1 heterocycles. The molecule has 3 aromatic carbocycles. The lowest BCUT2D eigenvalue weighted by Gasteiger charge is -2.09. The molecule has 0 radical (unpaired) electrons. The fraction of sp³-hybridized carbons (Fsp3) is 0. The van der Waals surface area contributed by atoms with Crippen LogP contribution in [0.3, 0.4) is 0 Å². The van der Waals surface area contributed by atoms with Gasteiger partial charge in [0.25, 0.3) is 10.0 Å². The molecule has 5 nitrogen and oxygen atoms in total. The minimum atomic E-state index is -4.10. The molecule has 0 saturated carbocycles. The van der Waals surface area contributed by atoms with Crippen LogP contribution in [0.25, 0.3) is 16.9 Å². The van der Waals surface area contributed by atoms with Crippen molar-refractivity contribution in [3.8, 4) is 16.9 Å². The molecule has 1 N–H and O–H groups in total. The maximum absolute atomic E-state index is 14.2. The normalized spacial score (nSPS) is 11.4. The van der Waals surface area contributed by atoms with E-state index in [1.54, 1.807) is 30.3 Å². The Balaban J connectivity index is 1.83. The van der Waals surface area contributed by atoms with Gasteiger partial charge < -0.3 is 0 Å². The molecule has 0 spiro atoms. The second-order valence-corrected chi connectivity index (χ2v) is 8.78. The number of hydrogen-bond acceptors (Lipinski definition) is 3. The zero-order valence-corrected chi connectivity index (χ0v) is 17.4. The van der Waals surface area contributed by atoms with Crippen LogP contribution in [0.5, 0.6) is 0 Å². The maximum atomic E-state index is 14.2. The first-order valence-electron chi connectivity index (χ1n) is 8.62. The molecule has 0 atom stereocenters.